The number of fused-ring (bicyclic) bond motifs is 9. The first-order chi connectivity index (χ1) is 29.0. The van der Waals surface area contributed by atoms with Crippen LogP contribution in [-0.2, 0) is 5.41 Å². The molecule has 12 rings (SSSR count). The smallest absolute Gasteiger partial charge is 0.0546 e. The first-order valence-corrected chi connectivity index (χ1v) is 21.3. The molecule has 0 saturated heterocycles. The number of hydrogen-bond acceptors (Lipinski definition) is 2. The Morgan fingerprint density at radius 1 is 0.407 bits per heavy atom. The van der Waals surface area contributed by atoms with Gasteiger partial charge in [0.15, 0.2) is 0 Å². The molecule has 278 valence electrons. The molecule has 0 aliphatic heterocycles. The van der Waals surface area contributed by atoms with Crippen LogP contribution in [0, 0.1) is 0 Å². The molecule has 0 spiro atoms. The third kappa shape index (κ3) is 5.16. The van der Waals surface area contributed by atoms with E-state index in [1.54, 1.807) is 0 Å². The Morgan fingerprint density at radius 2 is 1.00 bits per heavy atom. The summed E-state index contributed by atoms with van der Waals surface area (Å²) in [5, 5.41) is 10.1. The number of nitrogens with zero attached hydrogens (tertiary/aromatic N) is 1. The topological polar surface area (TPSA) is 3.24 Å². The van der Waals surface area contributed by atoms with Crippen LogP contribution < -0.4 is 4.90 Å². The van der Waals surface area contributed by atoms with E-state index < -0.39 is 0 Å². The lowest BCUT2D eigenvalue weighted by molar-refractivity contribution is 0.661. The average Bonchev–Trinajstić information content (AvgIpc) is 3.77. The summed E-state index contributed by atoms with van der Waals surface area (Å²) in [4.78, 5) is 2.56. The predicted molar refractivity (Wildman–Crippen MR) is 255 cm³/mol. The Morgan fingerprint density at radius 3 is 1.81 bits per heavy atom. The summed E-state index contributed by atoms with van der Waals surface area (Å²) in [5.41, 5.74) is 13.5. The van der Waals surface area contributed by atoms with E-state index in [1.807, 2.05) is 11.3 Å². The third-order valence-electron chi connectivity index (χ3n) is 12.8. The zero-order chi connectivity index (χ0) is 39.2. The van der Waals surface area contributed by atoms with Crippen LogP contribution in [0.3, 0.4) is 0 Å². The molecule has 10 aromatic carbocycles. The highest BCUT2D eigenvalue weighted by atomic mass is 32.1. The molecule has 2 heteroatoms. The molecule has 1 aromatic heterocycles. The van der Waals surface area contributed by atoms with E-state index >= 15 is 0 Å². The van der Waals surface area contributed by atoms with Gasteiger partial charge >= 0.3 is 0 Å². The second kappa shape index (κ2) is 13.0. The van der Waals surface area contributed by atoms with Gasteiger partial charge in [-0.2, -0.15) is 0 Å². The number of anilines is 3. The minimum atomic E-state index is -0.253. The van der Waals surface area contributed by atoms with Gasteiger partial charge in [-0.1, -0.05) is 172 Å². The fraction of sp³-hybridized carbons (Fsp3) is 0.0526. The van der Waals surface area contributed by atoms with Crippen LogP contribution in [0.5, 0.6) is 0 Å². The van der Waals surface area contributed by atoms with Gasteiger partial charge < -0.3 is 4.90 Å². The van der Waals surface area contributed by atoms with Gasteiger partial charge in [-0.3, -0.25) is 0 Å². The standard InChI is InChI=1S/C57H39NS/c1-57(2)50-35-40-17-4-3-16-39(40)34-49(50)47-24-13-26-52(55(47)57)58(41-31-28-38(29-32-41)44-22-12-25-48-45-21-9-10-27-53(45)59-56(44)48)51-33-30-37-15-6-8-20-43(37)54(51)46-23-11-18-36-14-5-7-19-42(36)46/h3-35H,1-2H3. The normalized spacial score (nSPS) is 13.1. The van der Waals surface area contributed by atoms with Gasteiger partial charge in [0, 0.05) is 36.8 Å². The largest absolute Gasteiger partial charge is 0.310 e. The van der Waals surface area contributed by atoms with E-state index in [2.05, 4.69) is 219 Å². The van der Waals surface area contributed by atoms with Gasteiger partial charge in [-0.25, -0.2) is 0 Å². The number of hydrogen-bond donors (Lipinski definition) is 0. The fourth-order valence-corrected chi connectivity index (χ4v) is 11.3. The molecule has 0 amide bonds. The maximum Gasteiger partial charge on any atom is 0.0546 e. The Bertz CT molecular complexity index is 3470. The maximum absolute atomic E-state index is 2.56. The van der Waals surface area contributed by atoms with Crippen molar-refractivity contribution in [3.8, 4) is 33.4 Å². The van der Waals surface area contributed by atoms with E-state index in [9.17, 15) is 0 Å². The molecule has 1 heterocycles. The molecule has 0 N–H and O–H groups in total. The van der Waals surface area contributed by atoms with Crippen molar-refractivity contribution in [2.24, 2.45) is 0 Å². The van der Waals surface area contributed by atoms with E-state index in [4.69, 9.17) is 0 Å². The lowest BCUT2D eigenvalue weighted by Gasteiger charge is -2.34. The Balaban J connectivity index is 1.13. The predicted octanol–water partition coefficient (Wildman–Crippen LogP) is 16.6. The molecule has 0 fully saturated rings. The summed E-state index contributed by atoms with van der Waals surface area (Å²) >= 11 is 1.89. The Labute approximate surface area is 348 Å². The van der Waals surface area contributed by atoms with Gasteiger partial charge in [0.2, 0.25) is 0 Å². The van der Waals surface area contributed by atoms with E-state index in [-0.39, 0.29) is 5.41 Å². The van der Waals surface area contributed by atoms with E-state index in [0.717, 1.165) is 11.4 Å². The summed E-state index contributed by atoms with van der Waals surface area (Å²) in [5.74, 6) is 0. The van der Waals surface area contributed by atoms with Crippen LogP contribution in [0.15, 0.2) is 200 Å². The minimum absolute atomic E-state index is 0.253. The molecule has 0 radical (unpaired) electrons. The fourth-order valence-electron chi connectivity index (χ4n) is 10.1. The second-order valence-electron chi connectivity index (χ2n) is 16.4. The summed E-state index contributed by atoms with van der Waals surface area (Å²) in [7, 11) is 0. The highest BCUT2D eigenvalue weighted by Gasteiger charge is 2.39. The number of thiophene rings is 1. The first-order valence-electron chi connectivity index (χ1n) is 20.5. The molecular formula is C57H39NS. The van der Waals surface area contributed by atoms with Gasteiger partial charge in [0.25, 0.3) is 0 Å². The van der Waals surface area contributed by atoms with Crippen molar-refractivity contribution >= 4 is 80.9 Å². The third-order valence-corrected chi connectivity index (χ3v) is 14.0. The Hall–Kier alpha value is -7.00. The summed E-state index contributed by atoms with van der Waals surface area (Å²) in [6.45, 7) is 4.82. The van der Waals surface area contributed by atoms with Gasteiger partial charge in [0.1, 0.15) is 0 Å². The molecule has 0 unspecified atom stereocenters. The summed E-state index contributed by atoms with van der Waals surface area (Å²) in [6, 6.07) is 74.5. The van der Waals surface area contributed by atoms with Crippen LogP contribution in [0.25, 0.3) is 85.9 Å². The molecule has 0 saturated carbocycles. The van der Waals surface area contributed by atoms with Crippen LogP contribution >= 0.6 is 11.3 Å². The number of rotatable bonds is 5. The summed E-state index contributed by atoms with van der Waals surface area (Å²) in [6.07, 6.45) is 0. The van der Waals surface area contributed by atoms with Gasteiger partial charge in [0.05, 0.1) is 11.4 Å². The second-order valence-corrected chi connectivity index (χ2v) is 17.5. The van der Waals surface area contributed by atoms with Crippen molar-refractivity contribution < 1.29 is 0 Å². The van der Waals surface area contributed by atoms with Crippen molar-refractivity contribution in [3.63, 3.8) is 0 Å². The van der Waals surface area contributed by atoms with Crippen molar-refractivity contribution in [3.05, 3.63) is 211 Å². The molecular weight excluding hydrogens is 731 g/mol. The van der Waals surface area contributed by atoms with Crippen LogP contribution in [0.4, 0.5) is 17.1 Å². The molecule has 1 aliphatic rings. The highest BCUT2D eigenvalue weighted by molar-refractivity contribution is 7.26. The molecule has 0 bridgehead atoms. The molecule has 1 nitrogen and oxygen atoms in total. The monoisotopic (exact) mass is 769 g/mol. The molecule has 59 heavy (non-hydrogen) atoms. The zero-order valence-electron chi connectivity index (χ0n) is 32.9. The lowest BCUT2D eigenvalue weighted by atomic mass is 9.80. The number of benzene rings is 10. The molecule has 1 aliphatic carbocycles. The quantitative estimate of drug-likeness (QED) is 0.169. The maximum atomic E-state index is 2.56. The Kier molecular flexibility index (Phi) is 7.51. The first kappa shape index (κ1) is 34.1. The lowest BCUT2D eigenvalue weighted by Crippen LogP contribution is -2.21. The van der Waals surface area contributed by atoms with Crippen LogP contribution in [0.2, 0.25) is 0 Å². The van der Waals surface area contributed by atoms with Crippen molar-refractivity contribution in [1.29, 1.82) is 0 Å². The SMILES string of the molecule is CC1(C)c2cc3ccccc3cc2-c2cccc(N(c3ccc(-c4cccc5c4sc4ccccc45)cc3)c3ccc4ccccc4c3-c3cccc4ccccc34)c21. The highest BCUT2D eigenvalue weighted by Crippen LogP contribution is 2.56. The zero-order valence-corrected chi connectivity index (χ0v) is 33.7. The van der Waals surface area contributed by atoms with E-state index in [1.165, 1.54) is 103 Å². The average molecular weight is 770 g/mol. The molecule has 0 atom stereocenters. The van der Waals surface area contributed by atoms with Crippen molar-refractivity contribution in [2.75, 3.05) is 4.90 Å². The van der Waals surface area contributed by atoms with Crippen molar-refractivity contribution in [2.45, 2.75) is 19.3 Å². The minimum Gasteiger partial charge on any atom is -0.310 e. The van der Waals surface area contributed by atoms with Gasteiger partial charge in [-0.15, -0.1) is 11.3 Å². The molecule has 11 aromatic rings. The van der Waals surface area contributed by atoms with Gasteiger partial charge in [-0.05, 0) is 114 Å². The van der Waals surface area contributed by atoms with Crippen LogP contribution in [0.1, 0.15) is 25.0 Å². The van der Waals surface area contributed by atoms with Crippen molar-refractivity contribution in [1.82, 2.24) is 0 Å². The van der Waals surface area contributed by atoms with Crippen LogP contribution in [-0.4, -0.2) is 0 Å². The van der Waals surface area contributed by atoms with E-state index in [0.29, 0.717) is 0 Å². The summed E-state index contributed by atoms with van der Waals surface area (Å²) < 4.78 is 2.66.